The molecule has 1 aliphatic rings. The molecule has 8 nitrogen and oxygen atoms in total. The number of benzene rings is 2. The molecule has 0 aliphatic carbocycles. The highest BCUT2D eigenvalue weighted by atomic mass is 35.5. The monoisotopic (exact) mass is 466 g/mol. The first-order chi connectivity index (χ1) is 15.9. The van der Waals surface area contributed by atoms with Crippen LogP contribution in [0.5, 0.6) is 0 Å². The summed E-state index contributed by atoms with van der Waals surface area (Å²) in [6.45, 7) is -0.475. The van der Waals surface area contributed by atoms with Crippen LogP contribution in [0.25, 0.3) is 11.3 Å². The van der Waals surface area contributed by atoms with Gasteiger partial charge in [-0.25, -0.2) is 0 Å². The number of amides is 3. The van der Waals surface area contributed by atoms with Gasteiger partial charge >= 0.3 is 5.97 Å². The van der Waals surface area contributed by atoms with Gasteiger partial charge in [0.25, 0.3) is 17.7 Å². The predicted molar refractivity (Wildman–Crippen MR) is 118 cm³/mol. The first kappa shape index (κ1) is 22.3. The van der Waals surface area contributed by atoms with Crippen molar-refractivity contribution in [2.75, 3.05) is 13.2 Å². The second-order valence-corrected chi connectivity index (χ2v) is 7.70. The lowest BCUT2D eigenvalue weighted by Crippen LogP contribution is -2.33. The van der Waals surface area contributed by atoms with Crippen LogP contribution in [0.3, 0.4) is 0 Å². The highest BCUT2D eigenvalue weighted by Crippen LogP contribution is 2.24. The first-order valence-corrected chi connectivity index (χ1v) is 10.5. The number of fused-ring (bicyclic) bond motifs is 1. The number of nitrogens with zero attached hydrogens (tertiary/aromatic N) is 1. The number of esters is 1. The Bertz CT molecular complexity index is 1180. The Balaban J connectivity index is 1.19. The molecular formula is C24H19ClN2O6. The average molecular weight is 467 g/mol. The molecule has 3 aromatic rings. The number of hydrogen-bond donors (Lipinski definition) is 1. The van der Waals surface area contributed by atoms with E-state index in [0.717, 1.165) is 10.5 Å². The third kappa shape index (κ3) is 5.12. The van der Waals surface area contributed by atoms with Crippen molar-refractivity contribution in [2.45, 2.75) is 13.0 Å². The quantitative estimate of drug-likeness (QED) is 0.402. The maximum Gasteiger partial charge on any atom is 0.308 e. The molecule has 9 heteroatoms. The second-order valence-electron chi connectivity index (χ2n) is 7.27. The summed E-state index contributed by atoms with van der Waals surface area (Å²) in [5, 5.41) is 3.22. The molecule has 33 heavy (non-hydrogen) atoms. The molecule has 0 radical (unpaired) electrons. The number of rotatable bonds is 8. The number of hydrogen-bond acceptors (Lipinski definition) is 6. The van der Waals surface area contributed by atoms with Gasteiger partial charge in [-0.15, -0.1) is 0 Å². The van der Waals surface area contributed by atoms with Gasteiger partial charge in [0, 0.05) is 17.1 Å². The molecule has 0 fully saturated rings. The molecule has 1 N–H and O–H groups in total. The van der Waals surface area contributed by atoms with Crippen molar-refractivity contribution in [2.24, 2.45) is 0 Å². The lowest BCUT2D eigenvalue weighted by Gasteiger charge is -2.13. The van der Waals surface area contributed by atoms with E-state index in [-0.39, 0.29) is 19.5 Å². The Morgan fingerprint density at radius 1 is 0.939 bits per heavy atom. The summed E-state index contributed by atoms with van der Waals surface area (Å²) >= 11 is 5.88. The SMILES string of the molecule is O=C(COC(=O)CCN1C(=O)c2ccccc2C1=O)NCc1ccc(-c2ccc(Cl)cc2)o1. The van der Waals surface area contributed by atoms with Crippen molar-refractivity contribution in [3.63, 3.8) is 0 Å². The first-order valence-electron chi connectivity index (χ1n) is 10.1. The van der Waals surface area contributed by atoms with Gasteiger partial charge in [-0.2, -0.15) is 0 Å². The Kier molecular flexibility index (Phi) is 6.55. The van der Waals surface area contributed by atoms with Crippen LogP contribution in [0.4, 0.5) is 0 Å². The minimum Gasteiger partial charge on any atom is -0.459 e. The van der Waals surface area contributed by atoms with E-state index in [1.807, 2.05) is 12.1 Å². The standard InChI is InChI=1S/C24H19ClN2O6/c25-16-7-5-15(6-8-16)20-10-9-17(33-20)13-26-21(28)14-32-22(29)11-12-27-23(30)18-3-1-2-4-19(18)24(27)31/h1-10H,11-14H2,(H,26,28). The van der Waals surface area contributed by atoms with Crippen LogP contribution in [-0.4, -0.2) is 41.7 Å². The summed E-state index contributed by atoms with van der Waals surface area (Å²) in [5.74, 6) is -0.922. The van der Waals surface area contributed by atoms with Gasteiger partial charge in [0.15, 0.2) is 6.61 Å². The van der Waals surface area contributed by atoms with Crippen LogP contribution < -0.4 is 5.32 Å². The number of nitrogens with one attached hydrogen (secondary N) is 1. The normalized spacial score (nSPS) is 12.6. The molecular weight excluding hydrogens is 448 g/mol. The van der Waals surface area contributed by atoms with Crippen LogP contribution in [0.1, 0.15) is 32.9 Å². The molecule has 168 valence electrons. The van der Waals surface area contributed by atoms with Gasteiger partial charge in [-0.1, -0.05) is 23.7 Å². The van der Waals surface area contributed by atoms with Crippen molar-refractivity contribution in [3.05, 3.63) is 82.6 Å². The molecule has 1 aliphatic heterocycles. The maximum absolute atomic E-state index is 12.3. The van der Waals surface area contributed by atoms with Crippen molar-refractivity contribution >= 4 is 35.3 Å². The predicted octanol–water partition coefficient (Wildman–Crippen LogP) is 3.45. The van der Waals surface area contributed by atoms with E-state index in [1.54, 1.807) is 48.5 Å². The second kappa shape index (κ2) is 9.70. The van der Waals surface area contributed by atoms with Gasteiger partial charge < -0.3 is 14.5 Å². The summed E-state index contributed by atoms with van der Waals surface area (Å²) < 4.78 is 10.6. The lowest BCUT2D eigenvalue weighted by molar-refractivity contribution is -0.148. The number of furan rings is 1. The van der Waals surface area contributed by atoms with E-state index in [4.69, 9.17) is 20.8 Å². The van der Waals surface area contributed by atoms with E-state index in [9.17, 15) is 19.2 Å². The fraction of sp³-hybridized carbons (Fsp3) is 0.167. The third-order valence-corrected chi connectivity index (χ3v) is 5.28. The number of halogens is 1. The molecule has 4 rings (SSSR count). The number of imide groups is 1. The van der Waals surface area contributed by atoms with Crippen LogP contribution in [0.2, 0.25) is 5.02 Å². The number of carbonyl (C=O) groups is 4. The molecule has 0 unspecified atom stereocenters. The van der Waals surface area contributed by atoms with Crippen LogP contribution in [0.15, 0.2) is 65.1 Å². The van der Waals surface area contributed by atoms with Crippen LogP contribution >= 0.6 is 11.6 Å². The fourth-order valence-electron chi connectivity index (χ4n) is 3.34. The van der Waals surface area contributed by atoms with Crippen LogP contribution in [0, 0.1) is 0 Å². The highest BCUT2D eigenvalue weighted by Gasteiger charge is 2.35. The molecule has 2 heterocycles. The van der Waals surface area contributed by atoms with Gasteiger partial charge in [-0.05, 0) is 48.5 Å². The van der Waals surface area contributed by atoms with Gasteiger partial charge in [0.05, 0.1) is 24.1 Å². The molecule has 2 aromatic carbocycles. The summed E-state index contributed by atoms with van der Waals surface area (Å²) in [6.07, 6.45) is -0.207. The van der Waals surface area contributed by atoms with Gasteiger partial charge in [0.2, 0.25) is 0 Å². The molecule has 3 amide bonds. The molecule has 1 aromatic heterocycles. The van der Waals surface area contributed by atoms with E-state index in [0.29, 0.717) is 27.7 Å². The smallest absolute Gasteiger partial charge is 0.308 e. The maximum atomic E-state index is 12.3. The van der Waals surface area contributed by atoms with Crippen molar-refractivity contribution in [1.29, 1.82) is 0 Å². The molecule has 0 atom stereocenters. The fourth-order valence-corrected chi connectivity index (χ4v) is 3.47. The largest absolute Gasteiger partial charge is 0.459 e. The lowest BCUT2D eigenvalue weighted by atomic mass is 10.1. The topological polar surface area (TPSA) is 106 Å². The minimum absolute atomic E-state index is 0.118. The van der Waals surface area contributed by atoms with E-state index < -0.39 is 30.3 Å². The van der Waals surface area contributed by atoms with Gasteiger partial charge in [0.1, 0.15) is 11.5 Å². The van der Waals surface area contributed by atoms with Crippen molar-refractivity contribution in [3.8, 4) is 11.3 Å². The molecule has 0 bridgehead atoms. The summed E-state index contributed by atoms with van der Waals surface area (Å²) in [5.41, 5.74) is 1.48. The van der Waals surface area contributed by atoms with Crippen molar-refractivity contribution in [1.82, 2.24) is 10.2 Å². The third-order valence-electron chi connectivity index (χ3n) is 5.03. The highest BCUT2D eigenvalue weighted by molar-refractivity contribution is 6.30. The Morgan fingerprint density at radius 2 is 1.61 bits per heavy atom. The van der Waals surface area contributed by atoms with Crippen molar-refractivity contribution < 1.29 is 28.3 Å². The molecule has 0 saturated heterocycles. The Labute approximate surface area is 194 Å². The average Bonchev–Trinajstić information content (AvgIpc) is 3.39. The Hall–Kier alpha value is -3.91. The van der Waals surface area contributed by atoms with E-state index in [1.165, 1.54) is 0 Å². The van der Waals surface area contributed by atoms with E-state index >= 15 is 0 Å². The molecule has 0 saturated carbocycles. The zero-order valence-electron chi connectivity index (χ0n) is 17.4. The molecule has 0 spiro atoms. The summed E-state index contributed by atoms with van der Waals surface area (Å²) in [6, 6.07) is 17.1. The zero-order chi connectivity index (χ0) is 23.4. The minimum atomic E-state index is -0.690. The van der Waals surface area contributed by atoms with E-state index in [2.05, 4.69) is 5.32 Å². The number of ether oxygens (including phenoxy) is 1. The zero-order valence-corrected chi connectivity index (χ0v) is 18.1. The number of carbonyl (C=O) groups excluding carboxylic acids is 4. The summed E-state index contributed by atoms with van der Waals surface area (Å²) in [7, 11) is 0. The Morgan fingerprint density at radius 3 is 2.27 bits per heavy atom. The van der Waals surface area contributed by atoms with Gasteiger partial charge in [-0.3, -0.25) is 24.1 Å². The van der Waals surface area contributed by atoms with Crippen LogP contribution in [-0.2, 0) is 20.9 Å². The summed E-state index contributed by atoms with van der Waals surface area (Å²) in [4.78, 5) is 49.5.